The van der Waals surface area contributed by atoms with Gasteiger partial charge in [0, 0.05) is 0 Å². The topological polar surface area (TPSA) is 86.7 Å². The average molecular weight is 274 g/mol. The summed E-state index contributed by atoms with van der Waals surface area (Å²) in [6.45, 7) is 2.06. The van der Waals surface area contributed by atoms with E-state index in [1.807, 2.05) is 0 Å². The molecular formula is C8H18O6S2. The zero-order valence-corrected chi connectivity index (χ0v) is 11.0. The number of thiol groups is 1. The summed E-state index contributed by atoms with van der Waals surface area (Å²) in [6, 6.07) is 0. The van der Waals surface area contributed by atoms with Crippen LogP contribution in [0.3, 0.4) is 0 Å². The summed E-state index contributed by atoms with van der Waals surface area (Å²) in [5.41, 5.74) is 0. The fourth-order valence-electron chi connectivity index (χ4n) is 1.14. The van der Waals surface area contributed by atoms with Crippen LogP contribution in [-0.4, -0.2) is 23.4 Å². The molecule has 0 N–H and O–H groups in total. The fourth-order valence-corrected chi connectivity index (χ4v) is 2.23. The van der Waals surface area contributed by atoms with Crippen LogP contribution >= 0.6 is 0 Å². The Morgan fingerprint density at radius 3 is 2.12 bits per heavy atom. The highest BCUT2D eigenvalue weighted by molar-refractivity contribution is 7.89. The zero-order valence-electron chi connectivity index (χ0n) is 9.25. The summed E-state index contributed by atoms with van der Waals surface area (Å²) < 4.78 is 49.4. The van der Waals surface area contributed by atoms with Gasteiger partial charge >= 0.3 is 10.4 Å². The third-order valence-corrected chi connectivity index (χ3v) is 3.55. The molecule has 0 saturated heterocycles. The summed E-state index contributed by atoms with van der Waals surface area (Å²) in [7, 11) is -7.81. The van der Waals surface area contributed by atoms with Gasteiger partial charge in [-0.1, -0.05) is 39.0 Å². The summed E-state index contributed by atoms with van der Waals surface area (Å²) in [6.07, 6.45) is 5.88. The van der Waals surface area contributed by atoms with Crippen molar-refractivity contribution in [2.24, 2.45) is 0 Å². The number of hydrogen-bond donors (Lipinski definition) is 1. The lowest BCUT2D eigenvalue weighted by Crippen LogP contribution is -2.10. The molecule has 0 aromatic carbocycles. The lowest BCUT2D eigenvalue weighted by Gasteiger charge is -2.01. The third kappa shape index (κ3) is 10.3. The Hall–Kier alpha value is -0.180. The van der Waals surface area contributed by atoms with Crippen molar-refractivity contribution in [2.75, 3.05) is 6.61 Å². The Labute approximate surface area is 98.4 Å². The van der Waals surface area contributed by atoms with Crippen molar-refractivity contribution in [1.29, 1.82) is 0 Å². The van der Waals surface area contributed by atoms with Crippen LogP contribution in [0.4, 0.5) is 0 Å². The van der Waals surface area contributed by atoms with E-state index in [1.54, 1.807) is 0 Å². The fraction of sp³-hybridized carbons (Fsp3) is 1.00. The molecule has 0 aliphatic rings. The minimum Gasteiger partial charge on any atom is -0.247 e. The van der Waals surface area contributed by atoms with E-state index in [9.17, 15) is 16.8 Å². The van der Waals surface area contributed by atoms with Crippen molar-refractivity contribution in [1.82, 2.24) is 0 Å². The van der Waals surface area contributed by atoms with Gasteiger partial charge in [-0.3, -0.25) is 0 Å². The van der Waals surface area contributed by atoms with Crippen LogP contribution in [0.25, 0.3) is 0 Å². The second-order valence-corrected chi connectivity index (χ2v) is 5.39. The summed E-state index contributed by atoms with van der Waals surface area (Å²) in [5, 5.41) is 0. The van der Waals surface area contributed by atoms with Gasteiger partial charge in [0.05, 0.1) is 6.61 Å². The van der Waals surface area contributed by atoms with Gasteiger partial charge in [0.1, 0.15) is 0 Å². The van der Waals surface area contributed by atoms with E-state index in [4.69, 9.17) is 0 Å². The molecule has 0 rings (SSSR count). The molecule has 16 heavy (non-hydrogen) atoms. The van der Waals surface area contributed by atoms with Crippen LogP contribution in [-0.2, 0) is 29.2 Å². The number of rotatable bonds is 10. The van der Waals surface area contributed by atoms with Crippen LogP contribution in [0, 0.1) is 0 Å². The molecule has 0 atom stereocenters. The van der Waals surface area contributed by atoms with Gasteiger partial charge < -0.3 is 0 Å². The zero-order chi connectivity index (χ0) is 12.4. The van der Waals surface area contributed by atoms with Crippen molar-refractivity contribution in [2.45, 2.75) is 45.4 Å². The molecule has 0 fully saturated rings. The minimum absolute atomic E-state index is 0.0440. The molecule has 0 aliphatic carbocycles. The van der Waals surface area contributed by atoms with E-state index in [0.29, 0.717) is 6.42 Å². The van der Waals surface area contributed by atoms with E-state index in [0.717, 1.165) is 25.7 Å². The van der Waals surface area contributed by atoms with Crippen molar-refractivity contribution < 1.29 is 24.6 Å². The lowest BCUT2D eigenvalue weighted by molar-refractivity contribution is 0.269. The van der Waals surface area contributed by atoms with Crippen LogP contribution < -0.4 is 0 Å². The average Bonchev–Trinajstić information content (AvgIpc) is 2.14. The molecule has 0 aromatic heterocycles. The third-order valence-electron chi connectivity index (χ3n) is 1.88. The second-order valence-electron chi connectivity index (χ2n) is 3.30. The molecule has 0 bridgehead atoms. The Morgan fingerprint density at radius 1 is 1.00 bits per heavy atom. The first-order valence-corrected chi connectivity index (χ1v) is 7.64. The van der Waals surface area contributed by atoms with Crippen molar-refractivity contribution in [3.8, 4) is 0 Å². The molecular weight excluding hydrogens is 256 g/mol. The van der Waals surface area contributed by atoms with Gasteiger partial charge in [-0.25, -0.2) is 12.6 Å². The van der Waals surface area contributed by atoms with Gasteiger partial charge in [-0.05, 0) is 6.42 Å². The first-order valence-electron chi connectivity index (χ1n) is 5.21. The van der Waals surface area contributed by atoms with E-state index >= 15 is 0 Å². The van der Waals surface area contributed by atoms with Crippen molar-refractivity contribution in [3.63, 3.8) is 0 Å². The van der Waals surface area contributed by atoms with Gasteiger partial charge in [0.25, 0.3) is 11.0 Å². The highest BCUT2D eigenvalue weighted by Crippen LogP contribution is 2.06. The van der Waals surface area contributed by atoms with Crippen LogP contribution in [0.1, 0.15) is 45.4 Å². The first kappa shape index (κ1) is 15.8. The largest absolute Gasteiger partial charge is 0.414 e. The molecule has 0 amide bonds. The molecule has 0 spiro atoms. The monoisotopic (exact) mass is 274 g/mol. The quantitative estimate of drug-likeness (QED) is 0.475. The number of unbranched alkanes of at least 4 members (excludes halogenated alkanes) is 5. The van der Waals surface area contributed by atoms with Crippen LogP contribution in [0.5, 0.6) is 0 Å². The lowest BCUT2D eigenvalue weighted by atomic mass is 10.1. The van der Waals surface area contributed by atoms with Gasteiger partial charge in [-0.2, -0.15) is 8.42 Å². The van der Waals surface area contributed by atoms with Crippen LogP contribution in [0.15, 0.2) is 0 Å². The van der Waals surface area contributed by atoms with Crippen LogP contribution in [0.2, 0.25) is 0 Å². The number of hydrogen-bond acceptors (Lipinski definition) is 6. The molecule has 0 aromatic rings. The van der Waals surface area contributed by atoms with E-state index in [1.165, 1.54) is 6.42 Å². The normalized spacial score (nSPS) is 12.1. The predicted molar refractivity (Wildman–Crippen MR) is 59.6 cm³/mol. The Balaban J connectivity index is 3.51. The molecule has 8 heteroatoms. The standard InChI is InChI=1S/C8H18O6S2/c1-2-3-4-5-6-7-8-13-16(11,12)14-15(9)10/h15H,2-8H2,1H3. The minimum atomic E-state index is -4.37. The van der Waals surface area contributed by atoms with E-state index in [-0.39, 0.29) is 6.61 Å². The Morgan fingerprint density at radius 2 is 1.56 bits per heavy atom. The molecule has 0 aliphatic heterocycles. The molecule has 0 heterocycles. The highest BCUT2D eigenvalue weighted by Gasteiger charge is 2.12. The van der Waals surface area contributed by atoms with E-state index < -0.39 is 21.4 Å². The maximum absolute atomic E-state index is 10.7. The second kappa shape index (κ2) is 8.91. The maximum Gasteiger partial charge on any atom is 0.414 e. The maximum atomic E-state index is 10.7. The van der Waals surface area contributed by atoms with Gasteiger partial charge in [0.2, 0.25) is 0 Å². The molecule has 6 nitrogen and oxygen atoms in total. The summed E-state index contributed by atoms with van der Waals surface area (Å²) in [4.78, 5) is 0. The molecule has 98 valence electrons. The summed E-state index contributed by atoms with van der Waals surface area (Å²) >= 11 is 0. The Kier molecular flexibility index (Phi) is 8.81. The summed E-state index contributed by atoms with van der Waals surface area (Å²) in [5.74, 6) is 0. The van der Waals surface area contributed by atoms with Gasteiger partial charge in [-0.15, -0.1) is 3.63 Å². The van der Waals surface area contributed by atoms with Crippen molar-refractivity contribution in [3.05, 3.63) is 0 Å². The van der Waals surface area contributed by atoms with E-state index in [2.05, 4.69) is 14.7 Å². The SMILES string of the molecule is CCCCCCCCOS(=O)(=O)O[SH](=O)=O. The van der Waals surface area contributed by atoms with Crippen molar-refractivity contribution >= 4 is 21.4 Å². The first-order chi connectivity index (χ1) is 7.48. The smallest absolute Gasteiger partial charge is 0.247 e. The molecule has 0 radical (unpaired) electrons. The molecule has 0 unspecified atom stereocenters. The Bertz CT molecular complexity index is 324. The predicted octanol–water partition coefficient (Wildman–Crippen LogP) is 1.15. The van der Waals surface area contributed by atoms with Gasteiger partial charge in [0.15, 0.2) is 0 Å². The molecule has 0 saturated carbocycles. The highest BCUT2D eigenvalue weighted by atomic mass is 32.3.